The first-order valence-electron chi connectivity index (χ1n) is 8.34. The molecule has 0 aliphatic rings. The zero-order valence-corrected chi connectivity index (χ0v) is 16.6. The third kappa shape index (κ3) is 5.68. The molecule has 0 saturated heterocycles. The van der Waals surface area contributed by atoms with Crippen LogP contribution in [-0.4, -0.2) is 30.3 Å². The highest BCUT2D eigenvalue weighted by atomic mass is 35.5. The summed E-state index contributed by atoms with van der Waals surface area (Å²) in [5, 5.41) is 1.42. The highest BCUT2D eigenvalue weighted by Gasteiger charge is 2.41. The molecule has 0 fully saturated rings. The third-order valence-electron chi connectivity index (χ3n) is 3.73. The van der Waals surface area contributed by atoms with Crippen LogP contribution in [0.25, 0.3) is 20.8 Å². The maximum absolute atomic E-state index is 12.9. The normalized spacial score (nSPS) is 12.2. The molecule has 0 amide bonds. The van der Waals surface area contributed by atoms with Crippen LogP contribution >= 0.6 is 22.9 Å². The van der Waals surface area contributed by atoms with Crippen molar-refractivity contribution < 1.29 is 31.9 Å². The second kappa shape index (κ2) is 9.41. The standard InChI is InChI=1S/C19H13ClF4N2O3S/c20-13-3-6-15-16(7-13)30-17(26-15)12-1-4-14(5-2-12)28-10-11(8-21)9-25-29-18(27)19(22,23)24/h1-8,25H,9-10H2/b11-8-. The predicted octanol–water partition coefficient (Wildman–Crippen LogP) is 5.46. The van der Waals surface area contributed by atoms with E-state index in [9.17, 15) is 22.4 Å². The SMILES string of the molecule is O=C(ONC/C(=C/F)COc1ccc(-c2nc3ccc(Cl)cc3s2)cc1)C(F)(F)F. The predicted molar refractivity (Wildman–Crippen MR) is 105 cm³/mol. The summed E-state index contributed by atoms with van der Waals surface area (Å²) in [7, 11) is 0. The summed E-state index contributed by atoms with van der Waals surface area (Å²) in [4.78, 5) is 18.9. The Balaban J connectivity index is 1.55. The van der Waals surface area contributed by atoms with Gasteiger partial charge in [-0.15, -0.1) is 16.8 Å². The summed E-state index contributed by atoms with van der Waals surface area (Å²) in [6.07, 6.45) is -4.98. The summed E-state index contributed by atoms with van der Waals surface area (Å²) in [6, 6.07) is 12.3. The number of thiazole rings is 1. The average molecular weight is 461 g/mol. The van der Waals surface area contributed by atoms with E-state index in [1.165, 1.54) is 11.3 Å². The number of rotatable bonds is 7. The lowest BCUT2D eigenvalue weighted by Crippen LogP contribution is -2.32. The molecule has 158 valence electrons. The fourth-order valence-electron chi connectivity index (χ4n) is 2.26. The lowest BCUT2D eigenvalue weighted by molar-refractivity contribution is -0.206. The van der Waals surface area contributed by atoms with E-state index in [-0.39, 0.29) is 18.5 Å². The van der Waals surface area contributed by atoms with Gasteiger partial charge in [0.25, 0.3) is 0 Å². The van der Waals surface area contributed by atoms with Gasteiger partial charge in [0, 0.05) is 16.2 Å². The smallest absolute Gasteiger partial charge is 0.489 e. The molecule has 5 nitrogen and oxygen atoms in total. The van der Waals surface area contributed by atoms with Crippen molar-refractivity contribution in [3.63, 3.8) is 0 Å². The number of nitrogens with zero attached hydrogens (tertiary/aromatic N) is 1. The average Bonchev–Trinajstić information content (AvgIpc) is 3.13. The molecule has 2 aromatic carbocycles. The van der Waals surface area contributed by atoms with Gasteiger partial charge in [-0.3, -0.25) is 0 Å². The van der Waals surface area contributed by atoms with E-state index in [0.717, 1.165) is 20.8 Å². The number of carbonyl (C=O) groups excluding carboxylic acids is 1. The van der Waals surface area contributed by atoms with E-state index in [2.05, 4.69) is 9.82 Å². The molecule has 3 aromatic rings. The van der Waals surface area contributed by atoms with Crippen molar-refractivity contribution in [3.05, 3.63) is 59.4 Å². The van der Waals surface area contributed by atoms with Gasteiger partial charge in [-0.2, -0.15) is 13.2 Å². The Hall–Kier alpha value is -2.69. The molecule has 0 radical (unpaired) electrons. The minimum atomic E-state index is -5.14. The van der Waals surface area contributed by atoms with Crippen LogP contribution < -0.4 is 10.2 Å². The van der Waals surface area contributed by atoms with Gasteiger partial charge >= 0.3 is 12.1 Å². The molecule has 1 N–H and O–H groups in total. The molecule has 0 aliphatic heterocycles. The number of hydroxylamine groups is 1. The lowest BCUT2D eigenvalue weighted by atomic mass is 10.2. The highest BCUT2D eigenvalue weighted by Crippen LogP contribution is 2.32. The van der Waals surface area contributed by atoms with Crippen LogP contribution in [-0.2, 0) is 9.63 Å². The molecule has 0 unspecified atom stereocenters. The number of hydrogen-bond acceptors (Lipinski definition) is 6. The van der Waals surface area contributed by atoms with Gasteiger partial charge in [-0.05, 0) is 42.5 Å². The number of nitrogens with one attached hydrogen (secondary N) is 1. The monoisotopic (exact) mass is 460 g/mol. The Morgan fingerprint density at radius 2 is 1.93 bits per heavy atom. The van der Waals surface area contributed by atoms with Crippen LogP contribution in [0.4, 0.5) is 17.6 Å². The first kappa shape index (κ1) is 22.0. The first-order valence-corrected chi connectivity index (χ1v) is 9.54. The molecular weight excluding hydrogens is 448 g/mol. The second-order valence-corrected chi connectivity index (χ2v) is 7.39. The molecule has 0 spiro atoms. The summed E-state index contributed by atoms with van der Waals surface area (Å²) < 4.78 is 55.3. The fourth-order valence-corrected chi connectivity index (χ4v) is 3.51. The van der Waals surface area contributed by atoms with Crippen LogP contribution in [0.5, 0.6) is 5.75 Å². The van der Waals surface area contributed by atoms with E-state index in [0.29, 0.717) is 10.8 Å². The van der Waals surface area contributed by atoms with E-state index in [1.54, 1.807) is 35.8 Å². The van der Waals surface area contributed by atoms with Crippen molar-refractivity contribution in [1.82, 2.24) is 10.5 Å². The van der Waals surface area contributed by atoms with Gasteiger partial charge < -0.3 is 9.57 Å². The number of hydrogen-bond donors (Lipinski definition) is 1. The summed E-state index contributed by atoms with van der Waals surface area (Å²) >= 11 is 7.47. The van der Waals surface area contributed by atoms with Crippen LogP contribution in [0.3, 0.4) is 0 Å². The minimum Gasteiger partial charge on any atom is -0.489 e. The quantitative estimate of drug-likeness (QED) is 0.375. The van der Waals surface area contributed by atoms with Crippen LogP contribution in [0, 0.1) is 0 Å². The highest BCUT2D eigenvalue weighted by molar-refractivity contribution is 7.21. The summed E-state index contributed by atoms with van der Waals surface area (Å²) in [6.45, 7) is -0.725. The molecule has 0 atom stereocenters. The van der Waals surface area contributed by atoms with Crippen molar-refractivity contribution in [2.75, 3.05) is 13.2 Å². The Labute approximate surface area is 176 Å². The number of halogens is 5. The van der Waals surface area contributed by atoms with Gasteiger partial charge in [-0.25, -0.2) is 14.2 Å². The molecular formula is C19H13ClF4N2O3S. The Morgan fingerprint density at radius 1 is 1.20 bits per heavy atom. The zero-order valence-electron chi connectivity index (χ0n) is 15.0. The topological polar surface area (TPSA) is 60.5 Å². The van der Waals surface area contributed by atoms with Crippen molar-refractivity contribution in [2.45, 2.75) is 6.18 Å². The van der Waals surface area contributed by atoms with Crippen molar-refractivity contribution in [1.29, 1.82) is 0 Å². The molecule has 0 saturated carbocycles. The number of ether oxygens (including phenoxy) is 1. The van der Waals surface area contributed by atoms with E-state index in [4.69, 9.17) is 16.3 Å². The van der Waals surface area contributed by atoms with E-state index >= 15 is 0 Å². The molecule has 11 heteroatoms. The van der Waals surface area contributed by atoms with E-state index < -0.39 is 18.7 Å². The largest absolute Gasteiger partial charge is 0.492 e. The molecule has 1 aromatic heterocycles. The Kier molecular flexibility index (Phi) is 6.91. The lowest BCUT2D eigenvalue weighted by Gasteiger charge is -2.11. The maximum Gasteiger partial charge on any atom is 0.492 e. The first-order chi connectivity index (χ1) is 14.3. The number of fused-ring (bicyclic) bond motifs is 1. The van der Waals surface area contributed by atoms with Gasteiger partial charge in [0.1, 0.15) is 17.4 Å². The van der Waals surface area contributed by atoms with Gasteiger partial charge in [0.2, 0.25) is 0 Å². The van der Waals surface area contributed by atoms with Gasteiger partial charge in [0.05, 0.1) is 23.1 Å². The summed E-state index contributed by atoms with van der Waals surface area (Å²) in [5.41, 5.74) is 3.37. The number of alkyl halides is 3. The van der Waals surface area contributed by atoms with Crippen LogP contribution in [0.2, 0.25) is 5.02 Å². The number of aromatic nitrogens is 1. The zero-order chi connectivity index (χ0) is 21.7. The fraction of sp³-hybridized carbons (Fsp3) is 0.158. The second-order valence-electron chi connectivity index (χ2n) is 5.92. The number of benzene rings is 2. The van der Waals surface area contributed by atoms with Gasteiger partial charge in [0.15, 0.2) is 0 Å². The van der Waals surface area contributed by atoms with Crippen molar-refractivity contribution in [3.8, 4) is 16.3 Å². The minimum absolute atomic E-state index is 0.0582. The Bertz CT molecular complexity index is 1070. The van der Waals surface area contributed by atoms with Crippen LogP contribution in [0.1, 0.15) is 0 Å². The van der Waals surface area contributed by atoms with Crippen molar-refractivity contribution >= 4 is 39.1 Å². The number of carbonyl (C=O) groups is 1. The molecule has 3 rings (SSSR count). The van der Waals surface area contributed by atoms with E-state index in [1.807, 2.05) is 12.1 Å². The summed E-state index contributed by atoms with van der Waals surface area (Å²) in [5.74, 6) is -2.01. The Morgan fingerprint density at radius 3 is 2.60 bits per heavy atom. The maximum atomic E-state index is 12.9. The molecule has 1 heterocycles. The molecule has 0 bridgehead atoms. The van der Waals surface area contributed by atoms with Gasteiger partial charge in [-0.1, -0.05) is 11.6 Å². The van der Waals surface area contributed by atoms with Crippen LogP contribution in [0.15, 0.2) is 54.4 Å². The third-order valence-corrected chi connectivity index (χ3v) is 5.03. The molecule has 0 aliphatic carbocycles. The molecule has 30 heavy (non-hydrogen) atoms. The van der Waals surface area contributed by atoms with Crippen molar-refractivity contribution in [2.24, 2.45) is 0 Å².